The van der Waals surface area contributed by atoms with Gasteiger partial charge in [-0.05, 0) is 12.8 Å². The minimum absolute atomic E-state index is 0.0287. The first-order chi connectivity index (χ1) is 5.18. The van der Waals surface area contributed by atoms with E-state index in [9.17, 15) is 9.59 Å². The molecule has 0 heterocycles. The Hall–Kier alpha value is -1.32. The fourth-order valence-corrected chi connectivity index (χ4v) is 0.529. The van der Waals surface area contributed by atoms with Gasteiger partial charge in [0.05, 0.1) is 0 Å². The summed E-state index contributed by atoms with van der Waals surface area (Å²) in [5.41, 5.74) is 0. The molecule has 0 amide bonds. The fraction of sp³-hybridized carbons (Fsp3) is 0.429. The van der Waals surface area contributed by atoms with Crippen molar-refractivity contribution in [1.29, 1.82) is 0 Å². The average molecular weight is 156 g/mol. The first kappa shape index (κ1) is 7.78. The van der Waals surface area contributed by atoms with E-state index in [-0.39, 0.29) is 6.10 Å². The summed E-state index contributed by atoms with van der Waals surface area (Å²) in [6, 6.07) is 0. The molecule has 60 valence electrons. The zero-order valence-electron chi connectivity index (χ0n) is 5.82. The summed E-state index contributed by atoms with van der Waals surface area (Å²) >= 11 is 0. The molecule has 1 aliphatic carbocycles. The van der Waals surface area contributed by atoms with Crippen molar-refractivity contribution in [2.24, 2.45) is 0 Å². The summed E-state index contributed by atoms with van der Waals surface area (Å²) in [6.07, 6.45) is 3.51. The van der Waals surface area contributed by atoms with Crippen LogP contribution in [0.5, 0.6) is 0 Å². The number of ether oxygens (including phenoxy) is 1. The van der Waals surface area contributed by atoms with Gasteiger partial charge < -0.3 is 9.84 Å². The topological polar surface area (TPSA) is 63.6 Å². The lowest BCUT2D eigenvalue weighted by Crippen LogP contribution is -2.02. The van der Waals surface area contributed by atoms with E-state index in [1.54, 1.807) is 0 Å². The quantitative estimate of drug-likeness (QED) is 0.472. The van der Waals surface area contributed by atoms with Crippen LogP contribution in [0.2, 0.25) is 0 Å². The zero-order chi connectivity index (χ0) is 8.27. The highest BCUT2D eigenvalue weighted by Gasteiger charge is 2.24. The van der Waals surface area contributed by atoms with Crippen molar-refractivity contribution in [2.45, 2.75) is 18.9 Å². The Balaban J connectivity index is 2.23. The second-order valence-corrected chi connectivity index (χ2v) is 2.31. The van der Waals surface area contributed by atoms with E-state index >= 15 is 0 Å². The summed E-state index contributed by atoms with van der Waals surface area (Å²) in [7, 11) is 0. The second-order valence-electron chi connectivity index (χ2n) is 2.31. The van der Waals surface area contributed by atoms with Crippen molar-refractivity contribution in [3.8, 4) is 0 Å². The highest BCUT2D eigenvalue weighted by atomic mass is 16.5. The number of carbonyl (C=O) groups is 2. The smallest absolute Gasteiger partial charge is 0.331 e. The number of carboxylic acids is 1. The monoisotopic (exact) mass is 156 g/mol. The Kier molecular flexibility index (Phi) is 2.25. The van der Waals surface area contributed by atoms with E-state index < -0.39 is 11.9 Å². The van der Waals surface area contributed by atoms with Crippen molar-refractivity contribution in [2.75, 3.05) is 0 Å². The molecule has 0 radical (unpaired) electrons. The SMILES string of the molecule is O=C(O)/C=C/C(=O)OC1CC1. The van der Waals surface area contributed by atoms with Crippen LogP contribution >= 0.6 is 0 Å². The van der Waals surface area contributed by atoms with Crippen LogP contribution in [-0.4, -0.2) is 23.1 Å². The maximum Gasteiger partial charge on any atom is 0.331 e. The van der Waals surface area contributed by atoms with Gasteiger partial charge in [-0.3, -0.25) is 0 Å². The molecule has 4 nitrogen and oxygen atoms in total. The molecule has 0 aliphatic heterocycles. The van der Waals surface area contributed by atoms with Crippen molar-refractivity contribution < 1.29 is 19.4 Å². The van der Waals surface area contributed by atoms with E-state index in [4.69, 9.17) is 9.84 Å². The molecule has 0 aromatic rings. The Morgan fingerprint density at radius 2 is 2.00 bits per heavy atom. The molecule has 0 atom stereocenters. The van der Waals surface area contributed by atoms with Crippen LogP contribution < -0.4 is 0 Å². The highest BCUT2D eigenvalue weighted by Crippen LogP contribution is 2.23. The molecular formula is C7H8O4. The summed E-state index contributed by atoms with van der Waals surface area (Å²) in [4.78, 5) is 20.5. The molecular weight excluding hydrogens is 148 g/mol. The first-order valence-corrected chi connectivity index (χ1v) is 3.30. The Morgan fingerprint density at radius 1 is 1.36 bits per heavy atom. The molecule has 1 saturated carbocycles. The van der Waals surface area contributed by atoms with E-state index in [0.717, 1.165) is 25.0 Å². The molecule has 1 aliphatic rings. The van der Waals surface area contributed by atoms with Crippen LogP contribution in [0.3, 0.4) is 0 Å². The van der Waals surface area contributed by atoms with Gasteiger partial charge in [0.25, 0.3) is 0 Å². The number of aliphatic carboxylic acids is 1. The van der Waals surface area contributed by atoms with Crippen LogP contribution in [0.1, 0.15) is 12.8 Å². The number of carboxylic acid groups (broad SMARTS) is 1. The molecule has 0 aromatic carbocycles. The van der Waals surface area contributed by atoms with Crippen LogP contribution in [0, 0.1) is 0 Å². The number of carbonyl (C=O) groups excluding carboxylic acids is 1. The highest BCUT2D eigenvalue weighted by molar-refractivity contribution is 5.90. The van der Waals surface area contributed by atoms with E-state index in [0.29, 0.717) is 0 Å². The normalized spacial score (nSPS) is 16.7. The maximum atomic E-state index is 10.6. The van der Waals surface area contributed by atoms with Gasteiger partial charge >= 0.3 is 11.9 Å². The molecule has 11 heavy (non-hydrogen) atoms. The number of rotatable bonds is 3. The number of hydrogen-bond acceptors (Lipinski definition) is 3. The molecule has 4 heteroatoms. The molecule has 0 saturated heterocycles. The predicted octanol–water partition coefficient (Wildman–Crippen LogP) is 0.333. The van der Waals surface area contributed by atoms with Crippen molar-refractivity contribution >= 4 is 11.9 Å². The van der Waals surface area contributed by atoms with Crippen molar-refractivity contribution in [1.82, 2.24) is 0 Å². The molecule has 0 unspecified atom stereocenters. The van der Waals surface area contributed by atoms with Crippen LogP contribution in [0.4, 0.5) is 0 Å². The van der Waals surface area contributed by atoms with Gasteiger partial charge in [-0.15, -0.1) is 0 Å². The first-order valence-electron chi connectivity index (χ1n) is 3.30. The van der Waals surface area contributed by atoms with Gasteiger partial charge in [-0.25, -0.2) is 9.59 Å². The lowest BCUT2D eigenvalue weighted by molar-refractivity contribution is -0.139. The zero-order valence-corrected chi connectivity index (χ0v) is 5.82. The third-order valence-corrected chi connectivity index (χ3v) is 1.17. The largest absolute Gasteiger partial charge is 0.478 e. The van der Waals surface area contributed by atoms with Gasteiger partial charge in [0.1, 0.15) is 6.10 Å². The lowest BCUT2D eigenvalue weighted by Gasteiger charge is -1.94. The van der Waals surface area contributed by atoms with Gasteiger partial charge in [0.2, 0.25) is 0 Å². The van der Waals surface area contributed by atoms with Gasteiger partial charge in [-0.1, -0.05) is 0 Å². The van der Waals surface area contributed by atoms with E-state index in [1.165, 1.54) is 0 Å². The Morgan fingerprint density at radius 3 is 2.45 bits per heavy atom. The average Bonchev–Trinajstić information content (AvgIpc) is 2.67. The second kappa shape index (κ2) is 3.18. The molecule has 0 spiro atoms. The number of hydrogen-bond donors (Lipinski definition) is 1. The minimum atomic E-state index is -1.14. The molecule has 0 aromatic heterocycles. The Labute approximate surface area is 63.5 Å². The van der Waals surface area contributed by atoms with Gasteiger partial charge in [0.15, 0.2) is 0 Å². The van der Waals surface area contributed by atoms with Crippen LogP contribution in [0.25, 0.3) is 0 Å². The van der Waals surface area contributed by atoms with Crippen LogP contribution in [-0.2, 0) is 14.3 Å². The van der Waals surface area contributed by atoms with Gasteiger partial charge in [-0.2, -0.15) is 0 Å². The van der Waals surface area contributed by atoms with Gasteiger partial charge in [0, 0.05) is 12.2 Å². The predicted molar refractivity (Wildman–Crippen MR) is 35.9 cm³/mol. The molecule has 1 N–H and O–H groups in total. The molecule has 0 bridgehead atoms. The third kappa shape index (κ3) is 3.40. The summed E-state index contributed by atoms with van der Waals surface area (Å²) in [5, 5.41) is 8.12. The third-order valence-electron chi connectivity index (χ3n) is 1.17. The summed E-state index contributed by atoms with van der Waals surface area (Å²) in [5.74, 6) is -1.72. The Bertz CT molecular complexity index is 202. The van der Waals surface area contributed by atoms with Crippen molar-refractivity contribution in [3.63, 3.8) is 0 Å². The summed E-state index contributed by atoms with van der Waals surface area (Å²) < 4.78 is 4.72. The minimum Gasteiger partial charge on any atom is -0.478 e. The van der Waals surface area contributed by atoms with Crippen molar-refractivity contribution in [3.05, 3.63) is 12.2 Å². The summed E-state index contributed by atoms with van der Waals surface area (Å²) in [6.45, 7) is 0. The maximum absolute atomic E-state index is 10.6. The molecule has 1 fully saturated rings. The van der Waals surface area contributed by atoms with Crippen LogP contribution in [0.15, 0.2) is 12.2 Å². The standard InChI is InChI=1S/C7H8O4/c8-6(9)3-4-7(10)11-5-1-2-5/h3-5H,1-2H2,(H,8,9)/b4-3+. The van der Waals surface area contributed by atoms with E-state index in [2.05, 4.69) is 0 Å². The van der Waals surface area contributed by atoms with E-state index in [1.807, 2.05) is 0 Å². The fourth-order valence-electron chi connectivity index (χ4n) is 0.529. The lowest BCUT2D eigenvalue weighted by atomic mass is 10.5. The number of esters is 1. The molecule has 1 rings (SSSR count).